The first-order chi connectivity index (χ1) is 14.3. The van der Waals surface area contributed by atoms with Gasteiger partial charge in [0.15, 0.2) is 0 Å². The van der Waals surface area contributed by atoms with Gasteiger partial charge in [0, 0.05) is 23.8 Å². The molecule has 2 N–H and O–H groups in total. The zero-order chi connectivity index (χ0) is 21.8. The Bertz CT molecular complexity index is 1080. The summed E-state index contributed by atoms with van der Waals surface area (Å²) in [6.07, 6.45) is 0. The number of esters is 1. The second-order valence-corrected chi connectivity index (χ2v) is 6.36. The van der Waals surface area contributed by atoms with Crippen LogP contribution in [0.3, 0.4) is 0 Å². The second-order valence-electron chi connectivity index (χ2n) is 6.36. The van der Waals surface area contributed by atoms with Gasteiger partial charge in [0.2, 0.25) is 5.88 Å². The molecule has 0 saturated carbocycles. The standard InChI is InChI=1S/C22H18F2N2O4/c1-3-28-22(27)19-12(2)29-21(26)17(11-25)20(19)16-6-4-5-7-18(16)30-15-9-13(23)8-14(24)10-15/h4-10,20H,3,26H2,1-2H3. The summed E-state index contributed by atoms with van der Waals surface area (Å²) in [5, 5.41) is 9.68. The molecular formula is C22H18F2N2O4. The highest BCUT2D eigenvalue weighted by Gasteiger charge is 2.37. The maximum atomic E-state index is 13.6. The zero-order valence-corrected chi connectivity index (χ0v) is 16.2. The third-order valence-corrected chi connectivity index (χ3v) is 4.39. The average molecular weight is 412 g/mol. The van der Waals surface area contributed by atoms with E-state index in [4.69, 9.17) is 19.9 Å². The molecule has 1 atom stereocenters. The van der Waals surface area contributed by atoms with Crippen LogP contribution < -0.4 is 10.5 Å². The Morgan fingerprint density at radius 3 is 2.53 bits per heavy atom. The van der Waals surface area contributed by atoms with Crippen LogP contribution in [0.25, 0.3) is 0 Å². The molecule has 1 aliphatic heterocycles. The molecule has 30 heavy (non-hydrogen) atoms. The largest absolute Gasteiger partial charge is 0.463 e. The van der Waals surface area contributed by atoms with E-state index in [0.29, 0.717) is 5.56 Å². The van der Waals surface area contributed by atoms with Crippen molar-refractivity contribution in [3.63, 3.8) is 0 Å². The number of halogens is 2. The van der Waals surface area contributed by atoms with Gasteiger partial charge in [-0.2, -0.15) is 5.26 Å². The van der Waals surface area contributed by atoms with Crippen molar-refractivity contribution in [1.29, 1.82) is 5.26 Å². The van der Waals surface area contributed by atoms with Gasteiger partial charge in [0.1, 0.15) is 40.5 Å². The molecule has 1 heterocycles. The first-order valence-electron chi connectivity index (χ1n) is 9.04. The van der Waals surface area contributed by atoms with Gasteiger partial charge < -0.3 is 19.9 Å². The Morgan fingerprint density at radius 1 is 1.23 bits per heavy atom. The highest BCUT2D eigenvalue weighted by atomic mass is 19.1. The SMILES string of the molecule is CCOC(=O)C1=C(C)OC(N)=C(C#N)C1c1ccccc1Oc1cc(F)cc(F)c1. The van der Waals surface area contributed by atoms with E-state index >= 15 is 0 Å². The molecule has 8 heteroatoms. The molecule has 0 aliphatic carbocycles. The summed E-state index contributed by atoms with van der Waals surface area (Å²) >= 11 is 0. The van der Waals surface area contributed by atoms with E-state index in [2.05, 4.69) is 0 Å². The molecule has 0 aromatic heterocycles. The number of allylic oxidation sites excluding steroid dienone is 2. The van der Waals surface area contributed by atoms with Gasteiger partial charge in [-0.1, -0.05) is 18.2 Å². The maximum absolute atomic E-state index is 13.6. The van der Waals surface area contributed by atoms with Gasteiger partial charge in [-0.25, -0.2) is 13.6 Å². The van der Waals surface area contributed by atoms with E-state index in [0.717, 1.165) is 18.2 Å². The summed E-state index contributed by atoms with van der Waals surface area (Å²) in [4.78, 5) is 12.6. The van der Waals surface area contributed by atoms with Crippen LogP contribution in [0, 0.1) is 23.0 Å². The van der Waals surface area contributed by atoms with Crippen molar-refractivity contribution in [2.24, 2.45) is 5.73 Å². The minimum absolute atomic E-state index is 0.00914. The predicted octanol–water partition coefficient (Wildman–Crippen LogP) is 4.40. The fraction of sp³-hybridized carbons (Fsp3) is 0.182. The highest BCUT2D eigenvalue weighted by Crippen LogP contribution is 2.43. The van der Waals surface area contributed by atoms with Gasteiger partial charge in [-0.15, -0.1) is 0 Å². The molecule has 0 spiro atoms. The Labute approximate surface area is 171 Å². The quantitative estimate of drug-likeness (QED) is 0.732. The molecule has 2 aromatic carbocycles. The normalized spacial score (nSPS) is 16.0. The number of benzene rings is 2. The molecule has 0 fully saturated rings. The van der Waals surface area contributed by atoms with Gasteiger partial charge >= 0.3 is 5.97 Å². The van der Waals surface area contributed by atoms with E-state index < -0.39 is 23.5 Å². The topological polar surface area (TPSA) is 94.6 Å². The van der Waals surface area contributed by atoms with E-state index in [9.17, 15) is 18.8 Å². The van der Waals surface area contributed by atoms with Crippen molar-refractivity contribution < 1.29 is 27.8 Å². The molecule has 2 aromatic rings. The van der Waals surface area contributed by atoms with Crippen LogP contribution in [0.2, 0.25) is 0 Å². The predicted molar refractivity (Wildman–Crippen MR) is 103 cm³/mol. The van der Waals surface area contributed by atoms with Crippen molar-refractivity contribution in [2.45, 2.75) is 19.8 Å². The highest BCUT2D eigenvalue weighted by molar-refractivity contribution is 5.92. The van der Waals surface area contributed by atoms with E-state index in [1.165, 1.54) is 6.92 Å². The lowest BCUT2D eigenvalue weighted by Crippen LogP contribution is -2.25. The average Bonchev–Trinajstić information content (AvgIpc) is 2.67. The van der Waals surface area contributed by atoms with E-state index in [1.54, 1.807) is 31.2 Å². The van der Waals surface area contributed by atoms with E-state index in [1.807, 2.05) is 6.07 Å². The van der Waals surface area contributed by atoms with Crippen molar-refractivity contribution in [1.82, 2.24) is 0 Å². The molecule has 3 rings (SSSR count). The Hall–Kier alpha value is -3.86. The smallest absolute Gasteiger partial charge is 0.338 e. The molecule has 6 nitrogen and oxygen atoms in total. The molecule has 0 saturated heterocycles. The van der Waals surface area contributed by atoms with E-state index in [-0.39, 0.29) is 40.9 Å². The Kier molecular flexibility index (Phi) is 6.02. The molecule has 154 valence electrons. The minimum Gasteiger partial charge on any atom is -0.463 e. The first kappa shape index (κ1) is 20.9. The summed E-state index contributed by atoms with van der Waals surface area (Å²) < 4.78 is 43.4. The van der Waals surface area contributed by atoms with Crippen LogP contribution in [-0.4, -0.2) is 12.6 Å². The number of nitriles is 1. The summed E-state index contributed by atoms with van der Waals surface area (Å²) in [5.41, 5.74) is 6.35. The lowest BCUT2D eigenvalue weighted by Gasteiger charge is -2.28. The van der Waals surface area contributed by atoms with Crippen molar-refractivity contribution in [3.8, 4) is 17.6 Å². The number of carbonyl (C=O) groups excluding carboxylic acids is 1. The van der Waals surface area contributed by atoms with Crippen molar-refractivity contribution in [3.05, 3.63) is 82.5 Å². The van der Waals surface area contributed by atoms with Crippen LogP contribution in [0.4, 0.5) is 8.78 Å². The molecule has 0 amide bonds. The van der Waals surface area contributed by atoms with Crippen molar-refractivity contribution in [2.75, 3.05) is 6.61 Å². The minimum atomic E-state index is -0.947. The summed E-state index contributed by atoms with van der Waals surface area (Å²) in [7, 11) is 0. The Balaban J connectivity index is 2.15. The van der Waals surface area contributed by atoms with Gasteiger partial charge in [0.05, 0.1) is 18.1 Å². The third-order valence-electron chi connectivity index (χ3n) is 4.39. The Morgan fingerprint density at radius 2 is 1.90 bits per heavy atom. The molecule has 1 unspecified atom stereocenters. The monoisotopic (exact) mass is 412 g/mol. The van der Waals surface area contributed by atoms with Crippen LogP contribution in [0.15, 0.2) is 65.3 Å². The van der Waals surface area contributed by atoms with Crippen LogP contribution >= 0.6 is 0 Å². The first-order valence-corrected chi connectivity index (χ1v) is 9.04. The second kappa shape index (κ2) is 8.66. The summed E-state index contributed by atoms with van der Waals surface area (Å²) in [6, 6.07) is 11.2. The lowest BCUT2D eigenvalue weighted by atomic mass is 9.82. The van der Waals surface area contributed by atoms with Gasteiger partial charge in [-0.3, -0.25) is 0 Å². The molecule has 0 bridgehead atoms. The third kappa shape index (κ3) is 4.10. The number of hydrogen-bond donors (Lipinski definition) is 1. The molecule has 1 aliphatic rings. The number of ether oxygens (including phenoxy) is 3. The summed E-state index contributed by atoms with van der Waals surface area (Å²) in [6.45, 7) is 3.30. The fourth-order valence-corrected chi connectivity index (χ4v) is 3.19. The number of rotatable bonds is 5. The number of hydrogen-bond acceptors (Lipinski definition) is 6. The van der Waals surface area contributed by atoms with Gasteiger partial charge in [0.25, 0.3) is 0 Å². The van der Waals surface area contributed by atoms with Crippen molar-refractivity contribution >= 4 is 5.97 Å². The number of nitrogens with two attached hydrogens (primary N) is 1. The van der Waals surface area contributed by atoms with Crippen LogP contribution in [-0.2, 0) is 14.3 Å². The van der Waals surface area contributed by atoms with Crippen LogP contribution in [0.1, 0.15) is 25.3 Å². The number of para-hydroxylation sites is 1. The number of nitrogens with zero attached hydrogens (tertiary/aromatic N) is 1. The zero-order valence-electron chi connectivity index (χ0n) is 16.2. The maximum Gasteiger partial charge on any atom is 0.338 e. The summed E-state index contributed by atoms with van der Waals surface area (Å²) in [5.74, 6) is -3.10. The number of carbonyl (C=O) groups is 1. The molecule has 0 radical (unpaired) electrons. The van der Waals surface area contributed by atoms with Crippen LogP contribution in [0.5, 0.6) is 11.5 Å². The molecular weight excluding hydrogens is 394 g/mol. The fourth-order valence-electron chi connectivity index (χ4n) is 3.19. The van der Waals surface area contributed by atoms with Gasteiger partial charge in [-0.05, 0) is 19.9 Å². The lowest BCUT2D eigenvalue weighted by molar-refractivity contribution is -0.139.